The molecule has 1 heterocycles. The minimum atomic E-state index is -4.38. The molecular formula is C25H34N2O11S4. The van der Waals surface area contributed by atoms with Gasteiger partial charge in [-0.15, -0.1) is 11.3 Å². The fourth-order valence-electron chi connectivity index (χ4n) is 3.47. The van der Waals surface area contributed by atoms with Crippen LogP contribution < -0.4 is 10.0 Å². The summed E-state index contributed by atoms with van der Waals surface area (Å²) >= 11 is 0.807. The Morgan fingerprint density at radius 1 is 1.00 bits per heavy atom. The number of thiophene rings is 1. The summed E-state index contributed by atoms with van der Waals surface area (Å²) < 4.78 is 86.4. The zero-order valence-corrected chi connectivity index (χ0v) is 27.0. The van der Waals surface area contributed by atoms with E-state index in [1.807, 2.05) is 0 Å². The number of sulfone groups is 2. The maximum absolute atomic E-state index is 13.0. The number of sulfonamides is 1. The second kappa shape index (κ2) is 14.1. The highest BCUT2D eigenvalue weighted by atomic mass is 32.2. The van der Waals surface area contributed by atoms with E-state index in [9.17, 15) is 39.6 Å². The second-order valence-corrected chi connectivity index (χ2v) is 17.5. The van der Waals surface area contributed by atoms with Crippen molar-refractivity contribution in [2.45, 2.75) is 60.1 Å². The molecule has 17 heteroatoms. The van der Waals surface area contributed by atoms with Gasteiger partial charge in [0.25, 0.3) is 5.91 Å². The number of carbonyl (C=O) groups excluding carboxylic acids is 3. The summed E-state index contributed by atoms with van der Waals surface area (Å²) in [4.78, 5) is 36.5. The van der Waals surface area contributed by atoms with Crippen molar-refractivity contribution in [3.05, 3.63) is 46.8 Å². The lowest BCUT2D eigenvalue weighted by molar-refractivity contribution is -0.158. The van der Waals surface area contributed by atoms with Crippen LogP contribution in [0.15, 0.2) is 45.5 Å². The molecule has 1 aromatic carbocycles. The zero-order valence-electron chi connectivity index (χ0n) is 23.7. The van der Waals surface area contributed by atoms with Crippen molar-refractivity contribution >= 4 is 58.9 Å². The highest BCUT2D eigenvalue weighted by Gasteiger charge is 2.31. The number of hydrogen-bond donors (Lipinski definition) is 2. The van der Waals surface area contributed by atoms with Crippen LogP contribution in [0, 0.1) is 0 Å². The fraction of sp³-hybridized carbons (Fsp3) is 0.480. The summed E-state index contributed by atoms with van der Waals surface area (Å²) in [5.74, 6) is -3.18. The highest BCUT2D eigenvalue weighted by Crippen LogP contribution is 2.21. The Bertz CT molecular complexity index is 1620. The topological polar surface area (TPSA) is 196 Å². The van der Waals surface area contributed by atoms with E-state index >= 15 is 0 Å². The summed E-state index contributed by atoms with van der Waals surface area (Å²) in [6, 6.07) is 6.21. The molecule has 0 saturated heterocycles. The third kappa shape index (κ3) is 11.4. The molecule has 0 radical (unpaired) electrons. The lowest BCUT2D eigenvalue weighted by atomic mass is 10.2. The molecule has 0 aliphatic heterocycles. The Balaban J connectivity index is 2.02. The molecular weight excluding hydrogens is 633 g/mol. The van der Waals surface area contributed by atoms with Crippen LogP contribution in [0.25, 0.3) is 0 Å². The molecule has 2 N–H and O–H groups in total. The van der Waals surface area contributed by atoms with Gasteiger partial charge in [0, 0.05) is 12.8 Å². The number of rotatable bonds is 14. The van der Waals surface area contributed by atoms with Crippen molar-refractivity contribution < 1.29 is 49.1 Å². The summed E-state index contributed by atoms with van der Waals surface area (Å²) in [5, 5.41) is 2.54. The van der Waals surface area contributed by atoms with Crippen molar-refractivity contribution in [1.29, 1.82) is 0 Å². The summed E-state index contributed by atoms with van der Waals surface area (Å²) in [6.45, 7) is 4.85. The summed E-state index contributed by atoms with van der Waals surface area (Å²) in [5.41, 5.74) is -0.702. The largest absolute Gasteiger partial charge is 0.468 e. The molecule has 0 bridgehead atoms. The Morgan fingerprint density at radius 3 is 2.24 bits per heavy atom. The lowest BCUT2D eigenvalue weighted by Gasteiger charge is -2.22. The summed E-state index contributed by atoms with van der Waals surface area (Å²) in [7, 11) is -10.5. The van der Waals surface area contributed by atoms with Crippen LogP contribution in [0.3, 0.4) is 0 Å². The van der Waals surface area contributed by atoms with Crippen molar-refractivity contribution in [3.8, 4) is 0 Å². The first-order chi connectivity index (χ1) is 19.2. The number of esters is 2. The molecule has 0 spiro atoms. The molecule has 13 nitrogen and oxygen atoms in total. The normalized spacial score (nSPS) is 13.3. The minimum absolute atomic E-state index is 0.00900. The van der Waals surface area contributed by atoms with Gasteiger partial charge in [-0.2, -0.15) is 4.72 Å². The molecule has 0 saturated carbocycles. The molecule has 42 heavy (non-hydrogen) atoms. The van der Waals surface area contributed by atoms with E-state index in [2.05, 4.69) is 14.8 Å². The van der Waals surface area contributed by atoms with Gasteiger partial charge in [-0.3, -0.25) is 14.4 Å². The molecule has 1 aromatic heterocycles. The standard InChI is InChI=1S/C25H34N2O11S4/c1-25(2,3)38-21(28)15-19(24(30)37-4)27-42(35,36)18-9-6-8-17(14-18)16-41(33,34)13-7-12-26-23(29)20-10-11-22(39-20)40(5,31)32/h6,8-11,14,19,27H,7,12-13,15-16H2,1-5H3,(H,26,29)/t19-/m0/s1. The van der Waals surface area contributed by atoms with Gasteiger partial charge in [-0.05, 0) is 57.0 Å². The number of benzene rings is 1. The maximum Gasteiger partial charge on any atom is 0.324 e. The molecule has 0 unspecified atom stereocenters. The molecule has 2 aromatic rings. The first-order valence-electron chi connectivity index (χ1n) is 12.4. The lowest BCUT2D eigenvalue weighted by Crippen LogP contribution is -2.43. The van der Waals surface area contributed by atoms with E-state index in [0.717, 1.165) is 30.8 Å². The predicted octanol–water partition coefficient (Wildman–Crippen LogP) is 1.44. The molecule has 2 rings (SSSR count). The highest BCUT2D eigenvalue weighted by molar-refractivity contribution is 7.92. The Kier molecular flexibility index (Phi) is 11.8. The van der Waals surface area contributed by atoms with Crippen LogP contribution in [-0.2, 0) is 54.5 Å². The molecule has 0 aliphatic rings. The van der Waals surface area contributed by atoms with Crippen LogP contribution >= 0.6 is 11.3 Å². The predicted molar refractivity (Wildman–Crippen MR) is 155 cm³/mol. The van der Waals surface area contributed by atoms with E-state index < -0.39 is 71.4 Å². The van der Waals surface area contributed by atoms with Gasteiger partial charge in [0.15, 0.2) is 19.7 Å². The molecule has 0 aliphatic carbocycles. The number of ether oxygens (including phenoxy) is 2. The minimum Gasteiger partial charge on any atom is -0.468 e. The third-order valence-electron chi connectivity index (χ3n) is 5.26. The van der Waals surface area contributed by atoms with Crippen molar-refractivity contribution in [2.75, 3.05) is 25.7 Å². The Morgan fingerprint density at radius 2 is 1.67 bits per heavy atom. The average Bonchev–Trinajstić information content (AvgIpc) is 3.35. The van der Waals surface area contributed by atoms with E-state index in [1.54, 1.807) is 20.8 Å². The second-order valence-electron chi connectivity index (χ2n) is 10.2. The smallest absolute Gasteiger partial charge is 0.324 e. The van der Waals surface area contributed by atoms with Crippen LogP contribution in [0.1, 0.15) is 48.8 Å². The Hall–Kier alpha value is -2.86. The van der Waals surface area contributed by atoms with Crippen LogP contribution in [-0.4, -0.2) is 80.4 Å². The van der Waals surface area contributed by atoms with Gasteiger partial charge in [0.05, 0.1) is 34.8 Å². The quantitative estimate of drug-likeness (QED) is 0.219. The van der Waals surface area contributed by atoms with E-state index in [-0.39, 0.29) is 38.3 Å². The van der Waals surface area contributed by atoms with Gasteiger partial charge < -0.3 is 14.8 Å². The molecule has 0 fully saturated rings. The Labute approximate surface area is 249 Å². The number of carbonyl (C=O) groups is 3. The van der Waals surface area contributed by atoms with Crippen molar-refractivity contribution in [1.82, 2.24) is 10.0 Å². The first kappa shape index (κ1) is 35.3. The van der Waals surface area contributed by atoms with Gasteiger partial charge in [-0.1, -0.05) is 12.1 Å². The molecule has 1 amide bonds. The fourth-order valence-corrected chi connectivity index (χ4v) is 7.99. The van der Waals surface area contributed by atoms with Crippen LogP contribution in [0.2, 0.25) is 0 Å². The van der Waals surface area contributed by atoms with Crippen molar-refractivity contribution in [3.63, 3.8) is 0 Å². The number of nitrogens with one attached hydrogen (secondary N) is 2. The van der Waals surface area contributed by atoms with Gasteiger partial charge in [0.1, 0.15) is 15.9 Å². The maximum atomic E-state index is 13.0. The van der Waals surface area contributed by atoms with Gasteiger partial charge in [-0.25, -0.2) is 25.3 Å². The molecule has 1 atom stereocenters. The van der Waals surface area contributed by atoms with E-state index in [1.165, 1.54) is 30.3 Å². The van der Waals surface area contributed by atoms with Crippen LogP contribution in [0.4, 0.5) is 0 Å². The van der Waals surface area contributed by atoms with Crippen LogP contribution in [0.5, 0.6) is 0 Å². The first-order valence-corrected chi connectivity index (χ1v) is 18.4. The molecule has 234 valence electrons. The van der Waals surface area contributed by atoms with E-state index in [0.29, 0.717) is 0 Å². The van der Waals surface area contributed by atoms with Gasteiger partial charge >= 0.3 is 11.9 Å². The third-order valence-corrected chi connectivity index (χ3v) is 11.3. The average molecular weight is 667 g/mol. The number of methoxy groups -OCH3 is 1. The monoisotopic (exact) mass is 666 g/mol. The number of amides is 1. The SMILES string of the molecule is COC(=O)[C@H](CC(=O)OC(C)(C)C)NS(=O)(=O)c1cccc(CS(=O)(=O)CCCNC(=O)c2ccc(S(C)(=O)=O)s2)c1. The van der Waals surface area contributed by atoms with Crippen molar-refractivity contribution in [2.24, 2.45) is 0 Å². The summed E-state index contributed by atoms with van der Waals surface area (Å²) in [6.07, 6.45) is 0.460. The zero-order chi connectivity index (χ0) is 31.9. The van der Waals surface area contributed by atoms with E-state index in [4.69, 9.17) is 4.74 Å². The van der Waals surface area contributed by atoms with Gasteiger partial charge in [0.2, 0.25) is 10.0 Å². The number of hydrogen-bond acceptors (Lipinski definition) is 12.